The lowest BCUT2D eigenvalue weighted by atomic mass is 10.3. The van der Waals surface area contributed by atoms with Crippen LogP contribution in [0.4, 0.5) is 0 Å². The van der Waals surface area contributed by atoms with Crippen LogP contribution in [0.25, 0.3) is 0 Å². The molecule has 0 aromatic heterocycles. The minimum atomic E-state index is 0.118. The third-order valence-electron chi connectivity index (χ3n) is 2.19. The fourth-order valence-corrected chi connectivity index (χ4v) is 1.86. The number of amides is 1. The number of hydrogen-bond donors (Lipinski definition) is 0. The van der Waals surface area contributed by atoms with E-state index in [1.807, 2.05) is 18.4 Å². The highest BCUT2D eigenvalue weighted by molar-refractivity contribution is 7.99. The summed E-state index contributed by atoms with van der Waals surface area (Å²) >= 11 is 7.35. The molecule has 0 heterocycles. The highest BCUT2D eigenvalue weighted by atomic mass is 35.5. The molecule has 0 fully saturated rings. The van der Waals surface area contributed by atoms with Crippen LogP contribution >= 0.6 is 23.4 Å². The van der Waals surface area contributed by atoms with Gasteiger partial charge >= 0.3 is 0 Å². The van der Waals surface area contributed by atoms with Gasteiger partial charge in [0, 0.05) is 12.1 Å². The van der Waals surface area contributed by atoms with Crippen molar-refractivity contribution >= 4 is 29.3 Å². The number of thioether (sulfide) groups is 1. The van der Waals surface area contributed by atoms with Crippen molar-refractivity contribution < 1.29 is 9.53 Å². The largest absolute Gasteiger partial charge is 0.492 e. The van der Waals surface area contributed by atoms with Gasteiger partial charge in [-0.05, 0) is 24.5 Å². The Morgan fingerprint density at radius 1 is 1.53 bits per heavy atom. The van der Waals surface area contributed by atoms with Gasteiger partial charge in [0.15, 0.2) is 0 Å². The SMILES string of the molecule is CSCC(=O)N(C)CCOc1cccc(Cl)c1. The van der Waals surface area contributed by atoms with Gasteiger partial charge in [0.2, 0.25) is 5.91 Å². The molecule has 0 bridgehead atoms. The molecule has 1 rings (SSSR count). The molecule has 0 aliphatic rings. The van der Waals surface area contributed by atoms with Crippen LogP contribution in [0.3, 0.4) is 0 Å². The van der Waals surface area contributed by atoms with Gasteiger partial charge in [-0.1, -0.05) is 17.7 Å². The van der Waals surface area contributed by atoms with Gasteiger partial charge in [-0.15, -0.1) is 0 Å². The molecule has 0 spiro atoms. The lowest BCUT2D eigenvalue weighted by molar-refractivity contribution is -0.127. The maximum Gasteiger partial charge on any atom is 0.232 e. The van der Waals surface area contributed by atoms with Gasteiger partial charge in [-0.25, -0.2) is 0 Å². The van der Waals surface area contributed by atoms with Gasteiger partial charge in [-0.3, -0.25) is 4.79 Å². The Bertz CT molecular complexity index is 373. The number of benzene rings is 1. The first-order chi connectivity index (χ1) is 8.13. The first-order valence-electron chi connectivity index (χ1n) is 5.24. The van der Waals surface area contributed by atoms with Gasteiger partial charge in [-0.2, -0.15) is 11.8 Å². The highest BCUT2D eigenvalue weighted by Gasteiger charge is 2.07. The molecule has 0 aliphatic carbocycles. The zero-order chi connectivity index (χ0) is 12.7. The van der Waals surface area contributed by atoms with E-state index < -0.39 is 0 Å². The smallest absolute Gasteiger partial charge is 0.232 e. The van der Waals surface area contributed by atoms with Crippen LogP contribution in [0, 0.1) is 0 Å². The quantitative estimate of drug-likeness (QED) is 0.798. The Kier molecular flexibility index (Phi) is 6.22. The summed E-state index contributed by atoms with van der Waals surface area (Å²) in [5, 5.41) is 0.648. The zero-order valence-corrected chi connectivity index (χ0v) is 11.6. The Balaban J connectivity index is 2.30. The average molecular weight is 274 g/mol. The normalized spacial score (nSPS) is 10.1. The first kappa shape index (κ1) is 14.2. The molecule has 1 aromatic carbocycles. The third-order valence-corrected chi connectivity index (χ3v) is 2.96. The summed E-state index contributed by atoms with van der Waals surface area (Å²) in [4.78, 5) is 13.1. The number of nitrogens with zero attached hydrogens (tertiary/aromatic N) is 1. The molecule has 0 saturated heterocycles. The lowest BCUT2D eigenvalue weighted by Crippen LogP contribution is -2.32. The number of hydrogen-bond acceptors (Lipinski definition) is 3. The molecule has 0 saturated carbocycles. The molecule has 0 N–H and O–H groups in total. The van der Waals surface area contributed by atoms with E-state index in [1.165, 1.54) is 11.8 Å². The monoisotopic (exact) mass is 273 g/mol. The van der Waals surface area contributed by atoms with E-state index in [1.54, 1.807) is 24.1 Å². The number of halogens is 1. The van der Waals surface area contributed by atoms with Crippen molar-refractivity contribution in [3.63, 3.8) is 0 Å². The van der Waals surface area contributed by atoms with Gasteiger partial charge in [0.1, 0.15) is 12.4 Å². The molecule has 1 amide bonds. The van der Waals surface area contributed by atoms with Crippen molar-refractivity contribution in [2.75, 3.05) is 32.2 Å². The minimum Gasteiger partial charge on any atom is -0.492 e. The summed E-state index contributed by atoms with van der Waals surface area (Å²) in [7, 11) is 1.78. The predicted molar refractivity (Wildman–Crippen MR) is 73.0 cm³/mol. The molecular weight excluding hydrogens is 258 g/mol. The van der Waals surface area contributed by atoms with Crippen LogP contribution in [-0.4, -0.2) is 43.0 Å². The Morgan fingerprint density at radius 2 is 2.29 bits per heavy atom. The van der Waals surface area contributed by atoms with E-state index in [0.29, 0.717) is 23.9 Å². The molecule has 1 aromatic rings. The number of likely N-dealkylation sites (N-methyl/N-ethyl adjacent to an activating group) is 1. The summed E-state index contributed by atoms with van der Waals surface area (Å²) in [6.07, 6.45) is 1.91. The van der Waals surface area contributed by atoms with E-state index in [4.69, 9.17) is 16.3 Å². The minimum absolute atomic E-state index is 0.118. The van der Waals surface area contributed by atoms with E-state index in [0.717, 1.165) is 5.75 Å². The first-order valence-corrected chi connectivity index (χ1v) is 7.02. The van der Waals surface area contributed by atoms with Gasteiger partial charge in [0.05, 0.1) is 12.3 Å². The number of rotatable bonds is 6. The topological polar surface area (TPSA) is 29.5 Å². The Morgan fingerprint density at radius 3 is 2.94 bits per heavy atom. The van der Waals surface area contributed by atoms with Gasteiger partial charge in [0.25, 0.3) is 0 Å². The van der Waals surface area contributed by atoms with Crippen LogP contribution in [0.1, 0.15) is 0 Å². The summed E-state index contributed by atoms with van der Waals surface area (Å²) in [5.74, 6) is 1.35. The Hall–Kier alpha value is -0.870. The van der Waals surface area contributed by atoms with Crippen LogP contribution in [0.2, 0.25) is 5.02 Å². The summed E-state index contributed by atoms with van der Waals surface area (Å²) < 4.78 is 5.50. The maximum atomic E-state index is 11.5. The summed E-state index contributed by atoms with van der Waals surface area (Å²) in [5.41, 5.74) is 0. The van der Waals surface area contributed by atoms with Crippen LogP contribution in [0.5, 0.6) is 5.75 Å². The molecule has 17 heavy (non-hydrogen) atoms. The highest BCUT2D eigenvalue weighted by Crippen LogP contribution is 2.16. The fraction of sp³-hybridized carbons (Fsp3) is 0.417. The lowest BCUT2D eigenvalue weighted by Gasteiger charge is -2.16. The number of carbonyl (C=O) groups is 1. The van der Waals surface area contributed by atoms with Crippen molar-refractivity contribution in [2.45, 2.75) is 0 Å². The van der Waals surface area contributed by atoms with Crippen molar-refractivity contribution in [3.8, 4) is 5.75 Å². The zero-order valence-electron chi connectivity index (χ0n) is 9.98. The standard InChI is InChI=1S/C12H16ClNO2S/c1-14(12(15)9-17-2)6-7-16-11-5-3-4-10(13)8-11/h3-5,8H,6-7,9H2,1-2H3. The second kappa shape index (κ2) is 7.45. The molecule has 94 valence electrons. The van der Waals surface area contributed by atoms with Crippen molar-refractivity contribution in [3.05, 3.63) is 29.3 Å². The molecule has 3 nitrogen and oxygen atoms in total. The fourth-order valence-electron chi connectivity index (χ4n) is 1.22. The van der Waals surface area contributed by atoms with E-state index in [2.05, 4.69) is 0 Å². The van der Waals surface area contributed by atoms with Crippen molar-refractivity contribution in [2.24, 2.45) is 0 Å². The summed E-state index contributed by atoms with van der Waals surface area (Å²) in [6, 6.07) is 7.23. The predicted octanol–water partition coefficient (Wildman–Crippen LogP) is 2.54. The Labute approximate surface area is 111 Å². The van der Waals surface area contributed by atoms with E-state index in [-0.39, 0.29) is 5.91 Å². The van der Waals surface area contributed by atoms with Crippen LogP contribution < -0.4 is 4.74 Å². The molecule has 5 heteroatoms. The van der Waals surface area contributed by atoms with Crippen molar-refractivity contribution in [1.29, 1.82) is 0 Å². The van der Waals surface area contributed by atoms with Crippen LogP contribution in [-0.2, 0) is 4.79 Å². The number of ether oxygens (including phenoxy) is 1. The average Bonchev–Trinajstić information content (AvgIpc) is 2.29. The van der Waals surface area contributed by atoms with Gasteiger partial charge < -0.3 is 9.64 Å². The van der Waals surface area contributed by atoms with E-state index >= 15 is 0 Å². The van der Waals surface area contributed by atoms with Crippen molar-refractivity contribution in [1.82, 2.24) is 4.90 Å². The van der Waals surface area contributed by atoms with Crippen LogP contribution in [0.15, 0.2) is 24.3 Å². The summed E-state index contributed by atoms with van der Waals surface area (Å²) in [6.45, 7) is 1.04. The molecule has 0 unspecified atom stereocenters. The van der Waals surface area contributed by atoms with E-state index in [9.17, 15) is 4.79 Å². The molecular formula is C12H16ClNO2S. The number of carbonyl (C=O) groups excluding carboxylic acids is 1. The second-order valence-electron chi connectivity index (χ2n) is 3.55. The molecule has 0 aliphatic heterocycles. The third kappa shape index (κ3) is 5.33. The molecule has 0 radical (unpaired) electrons. The second-order valence-corrected chi connectivity index (χ2v) is 4.86. The maximum absolute atomic E-state index is 11.5. The molecule has 0 atom stereocenters.